The summed E-state index contributed by atoms with van der Waals surface area (Å²) in [5.74, 6) is 0.744. The molecule has 4 rings (SSSR count). The van der Waals surface area contributed by atoms with Gasteiger partial charge in [0.05, 0.1) is 24.8 Å². The van der Waals surface area contributed by atoms with Crippen LogP contribution in [-0.2, 0) is 9.53 Å². The second kappa shape index (κ2) is 8.37. The molecule has 0 aliphatic carbocycles. The van der Waals surface area contributed by atoms with Crippen molar-refractivity contribution in [1.29, 1.82) is 0 Å². The van der Waals surface area contributed by atoms with Crippen molar-refractivity contribution in [3.8, 4) is 5.75 Å². The predicted molar refractivity (Wildman–Crippen MR) is 104 cm³/mol. The molecule has 1 fully saturated rings. The molecule has 0 aromatic heterocycles. The van der Waals surface area contributed by atoms with Gasteiger partial charge >= 0.3 is 0 Å². The van der Waals surface area contributed by atoms with Crippen LogP contribution in [0.2, 0.25) is 0 Å². The lowest BCUT2D eigenvalue weighted by Crippen LogP contribution is -2.43. The van der Waals surface area contributed by atoms with E-state index in [4.69, 9.17) is 9.47 Å². The Balaban J connectivity index is 1.51. The number of hydrogen-bond donors (Lipinski definition) is 1. The van der Waals surface area contributed by atoms with Crippen LogP contribution in [0.3, 0.4) is 0 Å². The quantitative estimate of drug-likeness (QED) is 0.886. The molecule has 5 nitrogen and oxygen atoms in total. The lowest BCUT2D eigenvalue weighted by Gasteiger charge is -2.31. The zero-order valence-electron chi connectivity index (χ0n) is 15.3. The highest BCUT2D eigenvalue weighted by Crippen LogP contribution is 2.26. The lowest BCUT2D eigenvalue weighted by atomic mass is 10.0. The lowest BCUT2D eigenvalue weighted by molar-refractivity contribution is -0.118. The molecule has 27 heavy (non-hydrogen) atoms. The van der Waals surface area contributed by atoms with Crippen LogP contribution in [0, 0.1) is 0 Å². The largest absolute Gasteiger partial charge is 0.488 e. The van der Waals surface area contributed by atoms with Crippen molar-refractivity contribution < 1.29 is 14.3 Å². The molecule has 2 aromatic rings. The third-order valence-electron chi connectivity index (χ3n) is 4.98. The Hall–Kier alpha value is -2.63. The second-order valence-corrected chi connectivity index (χ2v) is 6.85. The van der Waals surface area contributed by atoms with Gasteiger partial charge in [0.1, 0.15) is 12.4 Å². The maximum Gasteiger partial charge on any atom is 0.251 e. The fraction of sp³-hybridized carbons (Fsp3) is 0.318. The van der Waals surface area contributed by atoms with E-state index in [0.29, 0.717) is 12.2 Å². The number of morpholine rings is 1. The molecule has 2 aliphatic rings. The molecule has 2 aromatic carbocycles. The summed E-state index contributed by atoms with van der Waals surface area (Å²) in [6.07, 6.45) is 1.92. The molecule has 5 heteroatoms. The number of carbonyl (C=O) groups excluding carboxylic acids is 1. The smallest absolute Gasteiger partial charge is 0.251 e. The van der Waals surface area contributed by atoms with Crippen LogP contribution in [0.5, 0.6) is 5.75 Å². The van der Waals surface area contributed by atoms with Gasteiger partial charge in [0.25, 0.3) is 5.91 Å². The molecule has 1 unspecified atom stereocenters. The van der Waals surface area contributed by atoms with Crippen LogP contribution in [0.15, 0.2) is 60.2 Å². The summed E-state index contributed by atoms with van der Waals surface area (Å²) in [5, 5.41) is 3.21. The number of amides is 1. The van der Waals surface area contributed by atoms with E-state index in [0.717, 1.165) is 49.7 Å². The zero-order chi connectivity index (χ0) is 18.5. The predicted octanol–water partition coefficient (Wildman–Crippen LogP) is 2.65. The van der Waals surface area contributed by atoms with E-state index < -0.39 is 0 Å². The van der Waals surface area contributed by atoms with Crippen LogP contribution in [-0.4, -0.2) is 50.3 Å². The van der Waals surface area contributed by atoms with E-state index in [1.54, 1.807) is 0 Å². The SMILES string of the molecule is O=C(NC(CN1CCOCC1)c1ccccc1)C1=Cc2ccccc2OC1. The maximum absolute atomic E-state index is 12.9. The number of rotatable bonds is 5. The monoisotopic (exact) mass is 364 g/mol. The van der Waals surface area contributed by atoms with Gasteiger partial charge in [0.2, 0.25) is 0 Å². The topological polar surface area (TPSA) is 50.8 Å². The first-order valence-electron chi connectivity index (χ1n) is 9.38. The minimum absolute atomic E-state index is 0.0742. The average molecular weight is 364 g/mol. The number of nitrogens with zero attached hydrogens (tertiary/aromatic N) is 1. The van der Waals surface area contributed by atoms with Gasteiger partial charge < -0.3 is 14.8 Å². The molecule has 1 saturated heterocycles. The molecular weight excluding hydrogens is 340 g/mol. The number of para-hydroxylation sites is 1. The minimum Gasteiger partial charge on any atom is -0.488 e. The van der Waals surface area contributed by atoms with E-state index in [1.807, 2.05) is 48.5 Å². The first-order chi connectivity index (χ1) is 13.3. The van der Waals surface area contributed by atoms with Crippen LogP contribution in [0.4, 0.5) is 0 Å². The van der Waals surface area contributed by atoms with E-state index in [2.05, 4.69) is 22.3 Å². The Morgan fingerprint density at radius 2 is 1.78 bits per heavy atom. The summed E-state index contributed by atoms with van der Waals surface area (Å²) in [6, 6.07) is 17.8. The molecule has 1 atom stereocenters. The van der Waals surface area contributed by atoms with E-state index in [9.17, 15) is 4.79 Å². The molecule has 2 heterocycles. The Bertz CT molecular complexity index is 813. The van der Waals surface area contributed by atoms with E-state index in [-0.39, 0.29) is 11.9 Å². The number of nitrogens with one attached hydrogen (secondary N) is 1. The van der Waals surface area contributed by atoms with Crippen molar-refractivity contribution >= 4 is 12.0 Å². The normalized spacial score (nSPS) is 18.0. The Kier molecular flexibility index (Phi) is 5.51. The fourth-order valence-corrected chi connectivity index (χ4v) is 3.46. The third kappa shape index (κ3) is 4.38. The van der Waals surface area contributed by atoms with Crippen molar-refractivity contribution in [3.05, 3.63) is 71.3 Å². The van der Waals surface area contributed by atoms with E-state index >= 15 is 0 Å². The van der Waals surface area contributed by atoms with Gasteiger partial charge in [-0.15, -0.1) is 0 Å². The first kappa shape index (κ1) is 17.8. The first-order valence-corrected chi connectivity index (χ1v) is 9.38. The van der Waals surface area contributed by atoms with Gasteiger partial charge in [0.15, 0.2) is 0 Å². The van der Waals surface area contributed by atoms with Crippen molar-refractivity contribution in [1.82, 2.24) is 10.2 Å². The molecule has 140 valence electrons. The number of benzene rings is 2. The molecule has 0 bridgehead atoms. The highest BCUT2D eigenvalue weighted by atomic mass is 16.5. The van der Waals surface area contributed by atoms with Gasteiger partial charge in [0, 0.05) is 25.2 Å². The molecule has 0 saturated carbocycles. The molecule has 1 amide bonds. The summed E-state index contributed by atoms with van der Waals surface area (Å²) in [7, 11) is 0. The van der Waals surface area contributed by atoms with Crippen LogP contribution < -0.4 is 10.1 Å². The Morgan fingerprint density at radius 1 is 1.04 bits per heavy atom. The molecule has 0 spiro atoms. The van der Waals surface area contributed by atoms with Crippen molar-refractivity contribution in [2.75, 3.05) is 39.5 Å². The summed E-state index contributed by atoms with van der Waals surface area (Å²) in [4.78, 5) is 15.3. The Morgan fingerprint density at radius 3 is 2.59 bits per heavy atom. The van der Waals surface area contributed by atoms with Crippen LogP contribution in [0.25, 0.3) is 6.08 Å². The zero-order valence-corrected chi connectivity index (χ0v) is 15.3. The maximum atomic E-state index is 12.9. The minimum atomic E-state index is -0.0772. The molecule has 2 aliphatic heterocycles. The average Bonchev–Trinajstić information content (AvgIpc) is 2.74. The highest BCUT2D eigenvalue weighted by Gasteiger charge is 2.23. The van der Waals surface area contributed by atoms with E-state index in [1.165, 1.54) is 0 Å². The summed E-state index contributed by atoms with van der Waals surface area (Å²) < 4.78 is 11.2. The van der Waals surface area contributed by atoms with Crippen molar-refractivity contribution in [2.24, 2.45) is 0 Å². The summed E-state index contributed by atoms with van der Waals surface area (Å²) >= 11 is 0. The van der Waals surface area contributed by atoms with Gasteiger partial charge in [-0.25, -0.2) is 0 Å². The second-order valence-electron chi connectivity index (χ2n) is 6.85. The number of fused-ring (bicyclic) bond motifs is 1. The molecule has 0 radical (unpaired) electrons. The summed E-state index contributed by atoms with van der Waals surface area (Å²) in [6.45, 7) is 4.32. The van der Waals surface area contributed by atoms with Crippen molar-refractivity contribution in [3.63, 3.8) is 0 Å². The van der Waals surface area contributed by atoms with Crippen LogP contribution >= 0.6 is 0 Å². The van der Waals surface area contributed by atoms with Gasteiger partial charge in [-0.3, -0.25) is 9.69 Å². The molecule has 1 N–H and O–H groups in total. The van der Waals surface area contributed by atoms with Gasteiger partial charge in [-0.1, -0.05) is 48.5 Å². The van der Waals surface area contributed by atoms with Gasteiger partial charge in [-0.05, 0) is 17.7 Å². The molecular formula is C22H24N2O3. The number of hydrogen-bond acceptors (Lipinski definition) is 4. The Labute approximate surface area is 159 Å². The standard InChI is InChI=1S/C22H24N2O3/c25-22(19-14-18-8-4-5-9-21(18)27-16-19)23-20(17-6-2-1-3-7-17)15-24-10-12-26-13-11-24/h1-9,14,20H,10-13,15-16H2,(H,23,25). The van der Waals surface area contributed by atoms with Gasteiger partial charge in [-0.2, -0.15) is 0 Å². The van der Waals surface area contributed by atoms with Crippen LogP contribution in [0.1, 0.15) is 17.2 Å². The van der Waals surface area contributed by atoms with Crippen molar-refractivity contribution in [2.45, 2.75) is 6.04 Å². The highest BCUT2D eigenvalue weighted by molar-refractivity contribution is 5.99. The summed E-state index contributed by atoms with van der Waals surface area (Å²) in [5.41, 5.74) is 2.70. The number of carbonyl (C=O) groups is 1. The number of ether oxygens (including phenoxy) is 2. The third-order valence-corrected chi connectivity index (χ3v) is 4.98. The fourth-order valence-electron chi connectivity index (χ4n) is 3.46.